The molecule has 0 saturated carbocycles. The summed E-state index contributed by atoms with van der Waals surface area (Å²) >= 11 is 7.63. The standard InChI is InChI=1S/C19H14ClN5S/c20-17-7-6-16(26-17)15-5-8-18-22-23-19(25(18)24-15)11-12-3-4-14-13(10-12)2-1-9-21-14/h1-4,6-7,9-10H,5,8,11H2. The first-order chi connectivity index (χ1) is 12.8. The van der Waals surface area contributed by atoms with Crippen LogP contribution in [0.15, 0.2) is 53.8 Å². The Bertz CT molecular complexity index is 1140. The molecule has 0 aliphatic carbocycles. The van der Waals surface area contributed by atoms with Gasteiger partial charge in [0.05, 0.1) is 20.4 Å². The molecule has 0 fully saturated rings. The van der Waals surface area contributed by atoms with Gasteiger partial charge in [0.2, 0.25) is 0 Å². The van der Waals surface area contributed by atoms with E-state index >= 15 is 0 Å². The van der Waals surface area contributed by atoms with E-state index in [2.05, 4.69) is 33.4 Å². The molecule has 1 aromatic carbocycles. The molecule has 0 N–H and O–H groups in total. The Morgan fingerprint density at radius 2 is 2.04 bits per heavy atom. The molecule has 0 radical (unpaired) electrons. The molecule has 1 aliphatic heterocycles. The second kappa shape index (κ2) is 6.30. The third kappa shape index (κ3) is 2.81. The first kappa shape index (κ1) is 15.7. The Kier molecular flexibility index (Phi) is 3.80. The Hall–Kier alpha value is -2.57. The maximum atomic E-state index is 6.07. The van der Waals surface area contributed by atoms with Crippen LogP contribution in [0, 0.1) is 0 Å². The molecule has 0 spiro atoms. The van der Waals surface area contributed by atoms with E-state index in [1.54, 1.807) is 11.3 Å². The minimum Gasteiger partial charge on any atom is -0.256 e. The fraction of sp³-hybridized carbons (Fsp3) is 0.158. The number of benzene rings is 1. The van der Waals surface area contributed by atoms with Crippen molar-refractivity contribution in [3.63, 3.8) is 0 Å². The first-order valence-corrected chi connectivity index (χ1v) is 9.56. The largest absolute Gasteiger partial charge is 0.256 e. The van der Waals surface area contributed by atoms with Crippen molar-refractivity contribution in [3.05, 3.63) is 75.1 Å². The van der Waals surface area contributed by atoms with Crippen LogP contribution in [0.2, 0.25) is 4.34 Å². The third-order valence-corrected chi connectivity index (χ3v) is 5.74. The lowest BCUT2D eigenvalue weighted by molar-refractivity contribution is 0.705. The number of hydrogen-bond donors (Lipinski definition) is 0. The van der Waals surface area contributed by atoms with E-state index in [0.29, 0.717) is 6.42 Å². The fourth-order valence-corrected chi connectivity index (χ4v) is 4.25. The van der Waals surface area contributed by atoms with Crippen LogP contribution in [0.4, 0.5) is 0 Å². The summed E-state index contributed by atoms with van der Waals surface area (Å²) in [6.07, 6.45) is 4.18. The van der Waals surface area contributed by atoms with Gasteiger partial charge in [-0.3, -0.25) is 4.98 Å². The van der Waals surface area contributed by atoms with Crippen LogP contribution >= 0.6 is 22.9 Å². The Morgan fingerprint density at radius 3 is 2.92 bits per heavy atom. The highest BCUT2D eigenvalue weighted by molar-refractivity contribution is 7.18. The van der Waals surface area contributed by atoms with Crippen LogP contribution in [0.25, 0.3) is 10.9 Å². The minimum atomic E-state index is 0.680. The van der Waals surface area contributed by atoms with E-state index in [4.69, 9.17) is 16.7 Å². The highest BCUT2D eigenvalue weighted by Gasteiger charge is 2.20. The summed E-state index contributed by atoms with van der Waals surface area (Å²) in [6.45, 7) is 0. The molecule has 0 saturated heterocycles. The molecule has 4 heterocycles. The quantitative estimate of drug-likeness (QED) is 0.532. The summed E-state index contributed by atoms with van der Waals surface area (Å²) in [4.78, 5) is 5.48. The lowest BCUT2D eigenvalue weighted by atomic mass is 10.1. The predicted molar refractivity (Wildman–Crippen MR) is 104 cm³/mol. The van der Waals surface area contributed by atoms with Crippen molar-refractivity contribution in [2.75, 3.05) is 0 Å². The van der Waals surface area contributed by atoms with Crippen molar-refractivity contribution in [1.82, 2.24) is 19.9 Å². The van der Waals surface area contributed by atoms with Crippen LogP contribution in [0.5, 0.6) is 0 Å². The van der Waals surface area contributed by atoms with E-state index in [1.165, 1.54) is 5.56 Å². The summed E-state index contributed by atoms with van der Waals surface area (Å²) in [5, 5.41) is 14.6. The number of aryl methyl sites for hydroxylation is 1. The van der Waals surface area contributed by atoms with E-state index in [0.717, 1.165) is 50.3 Å². The van der Waals surface area contributed by atoms with Gasteiger partial charge in [0.25, 0.3) is 0 Å². The smallest absolute Gasteiger partial charge is 0.159 e. The SMILES string of the molecule is Clc1ccc(C2=Nn3c(nnc3Cc3ccc4ncccc4c3)CC2)s1. The van der Waals surface area contributed by atoms with Crippen molar-refractivity contribution in [2.45, 2.75) is 19.3 Å². The molecule has 5 nitrogen and oxygen atoms in total. The molecule has 0 unspecified atom stereocenters. The summed E-state index contributed by atoms with van der Waals surface area (Å²) in [6, 6.07) is 14.2. The molecule has 128 valence electrons. The van der Waals surface area contributed by atoms with Crippen LogP contribution in [-0.2, 0) is 12.8 Å². The van der Waals surface area contributed by atoms with Crippen LogP contribution in [0.1, 0.15) is 28.5 Å². The lowest BCUT2D eigenvalue weighted by Crippen LogP contribution is -2.15. The van der Waals surface area contributed by atoms with E-state index in [1.807, 2.05) is 35.1 Å². The van der Waals surface area contributed by atoms with Crippen LogP contribution in [0.3, 0.4) is 0 Å². The third-order valence-electron chi connectivity index (χ3n) is 4.46. The van der Waals surface area contributed by atoms with Crippen LogP contribution in [-0.4, -0.2) is 25.6 Å². The monoisotopic (exact) mass is 379 g/mol. The maximum Gasteiger partial charge on any atom is 0.159 e. The first-order valence-electron chi connectivity index (χ1n) is 8.37. The number of hydrogen-bond acceptors (Lipinski definition) is 5. The van der Waals surface area contributed by atoms with Gasteiger partial charge in [0.15, 0.2) is 11.6 Å². The number of nitrogens with zero attached hydrogens (tertiary/aromatic N) is 5. The van der Waals surface area contributed by atoms with E-state index < -0.39 is 0 Å². The number of rotatable bonds is 3. The number of fused-ring (bicyclic) bond motifs is 2. The highest BCUT2D eigenvalue weighted by Crippen LogP contribution is 2.26. The average molecular weight is 380 g/mol. The van der Waals surface area contributed by atoms with Gasteiger partial charge in [0, 0.05) is 30.8 Å². The molecule has 1 aliphatic rings. The highest BCUT2D eigenvalue weighted by atomic mass is 35.5. The van der Waals surface area contributed by atoms with E-state index in [9.17, 15) is 0 Å². The van der Waals surface area contributed by atoms with Gasteiger partial charge < -0.3 is 0 Å². The van der Waals surface area contributed by atoms with Gasteiger partial charge in [0.1, 0.15) is 0 Å². The minimum absolute atomic E-state index is 0.680. The molecular formula is C19H14ClN5S. The molecule has 4 aromatic rings. The predicted octanol–water partition coefficient (Wildman–Crippen LogP) is 4.33. The molecule has 3 aromatic heterocycles. The van der Waals surface area contributed by atoms with Crippen molar-refractivity contribution < 1.29 is 0 Å². The van der Waals surface area contributed by atoms with Gasteiger partial charge in [-0.2, -0.15) is 5.10 Å². The van der Waals surface area contributed by atoms with Crippen molar-refractivity contribution in [2.24, 2.45) is 5.10 Å². The van der Waals surface area contributed by atoms with Gasteiger partial charge in [-0.25, -0.2) is 4.68 Å². The Morgan fingerprint density at radius 1 is 1.08 bits per heavy atom. The molecule has 0 amide bonds. The number of aromatic nitrogens is 4. The molecule has 5 rings (SSSR count). The molecule has 0 atom stereocenters. The average Bonchev–Trinajstić information content (AvgIpc) is 3.28. The fourth-order valence-electron chi connectivity index (χ4n) is 3.19. The second-order valence-electron chi connectivity index (χ2n) is 6.20. The second-order valence-corrected chi connectivity index (χ2v) is 7.92. The van der Waals surface area contributed by atoms with Crippen molar-refractivity contribution >= 4 is 39.6 Å². The van der Waals surface area contributed by atoms with E-state index in [-0.39, 0.29) is 0 Å². The topological polar surface area (TPSA) is 56.0 Å². The maximum absolute atomic E-state index is 6.07. The summed E-state index contributed by atoms with van der Waals surface area (Å²) in [5.74, 6) is 1.76. The summed E-state index contributed by atoms with van der Waals surface area (Å²) in [5.41, 5.74) is 3.20. The Labute approximate surface area is 159 Å². The van der Waals surface area contributed by atoms with Gasteiger partial charge in [-0.1, -0.05) is 23.7 Å². The summed E-state index contributed by atoms with van der Waals surface area (Å²) < 4.78 is 2.67. The lowest BCUT2D eigenvalue weighted by Gasteiger charge is -2.13. The van der Waals surface area contributed by atoms with Crippen molar-refractivity contribution in [1.29, 1.82) is 0 Å². The molecular weight excluding hydrogens is 366 g/mol. The zero-order valence-electron chi connectivity index (χ0n) is 13.8. The molecule has 0 bridgehead atoms. The number of thiophene rings is 1. The van der Waals surface area contributed by atoms with Gasteiger partial charge >= 0.3 is 0 Å². The zero-order valence-corrected chi connectivity index (χ0v) is 15.3. The zero-order chi connectivity index (χ0) is 17.5. The van der Waals surface area contributed by atoms with Crippen LogP contribution < -0.4 is 0 Å². The normalized spacial score (nSPS) is 13.7. The number of pyridine rings is 1. The molecule has 26 heavy (non-hydrogen) atoms. The molecule has 7 heteroatoms. The number of halogens is 1. The summed E-state index contributed by atoms with van der Waals surface area (Å²) in [7, 11) is 0. The Balaban J connectivity index is 1.50. The van der Waals surface area contributed by atoms with Gasteiger partial charge in [-0.05, 0) is 35.9 Å². The van der Waals surface area contributed by atoms with Crippen molar-refractivity contribution in [3.8, 4) is 0 Å². The van der Waals surface area contributed by atoms with Gasteiger partial charge in [-0.15, -0.1) is 21.5 Å².